The lowest BCUT2D eigenvalue weighted by Gasteiger charge is -2.17. The zero-order valence-electron chi connectivity index (χ0n) is 15.5. The first-order valence-corrected chi connectivity index (χ1v) is 9.06. The molecule has 0 radical (unpaired) electrons. The summed E-state index contributed by atoms with van der Waals surface area (Å²) in [6, 6.07) is 7.07. The number of nitrogens with zero attached hydrogens (tertiary/aromatic N) is 3. The first-order chi connectivity index (χ1) is 12.4. The van der Waals surface area contributed by atoms with E-state index in [1.807, 2.05) is 36.4 Å². The zero-order valence-corrected chi connectivity index (χ0v) is 15.5. The number of carbonyl (C=O) groups excluding carboxylic acids is 1. The lowest BCUT2D eigenvalue weighted by molar-refractivity contribution is 0.0696. The monoisotopic (exact) mass is 355 g/mol. The molecule has 0 saturated carbocycles. The van der Waals surface area contributed by atoms with Crippen LogP contribution < -0.4 is 0 Å². The highest BCUT2D eigenvalue weighted by Crippen LogP contribution is 2.25. The summed E-state index contributed by atoms with van der Waals surface area (Å²) < 4.78 is 1.87. The highest BCUT2D eigenvalue weighted by molar-refractivity contribution is 5.96. The molecule has 1 atom stereocenters. The average molecular weight is 355 g/mol. The van der Waals surface area contributed by atoms with Gasteiger partial charge >= 0.3 is 5.97 Å². The van der Waals surface area contributed by atoms with Gasteiger partial charge < -0.3 is 10.0 Å². The lowest BCUT2D eigenvalue weighted by atomic mass is 9.97. The summed E-state index contributed by atoms with van der Waals surface area (Å²) in [6.07, 6.45) is 1.72. The van der Waals surface area contributed by atoms with Crippen molar-refractivity contribution in [1.29, 1.82) is 0 Å². The number of amides is 1. The zero-order chi connectivity index (χ0) is 18.8. The third kappa shape index (κ3) is 3.49. The fraction of sp³-hybridized carbons (Fsp3) is 0.450. The van der Waals surface area contributed by atoms with Crippen LogP contribution in [0.2, 0.25) is 0 Å². The Balaban J connectivity index is 1.69. The molecule has 1 N–H and O–H groups in total. The number of carbonyl (C=O) groups is 2. The van der Waals surface area contributed by atoms with Crippen molar-refractivity contribution >= 4 is 11.9 Å². The van der Waals surface area contributed by atoms with E-state index in [0.29, 0.717) is 18.0 Å². The molecule has 2 aromatic rings. The smallest absolute Gasteiger partial charge is 0.335 e. The number of aryl methyl sites for hydroxylation is 2. The van der Waals surface area contributed by atoms with Crippen LogP contribution in [-0.4, -0.2) is 44.8 Å². The normalized spacial score (nSPS) is 16.9. The maximum atomic E-state index is 13.0. The van der Waals surface area contributed by atoms with Crippen LogP contribution in [0.25, 0.3) is 0 Å². The number of aromatic carboxylic acids is 1. The van der Waals surface area contributed by atoms with Crippen molar-refractivity contribution < 1.29 is 14.7 Å². The number of rotatable bonds is 5. The molecular formula is C20H25N3O3. The summed E-state index contributed by atoms with van der Waals surface area (Å²) >= 11 is 0. The van der Waals surface area contributed by atoms with Crippen LogP contribution in [0.5, 0.6) is 0 Å². The highest BCUT2D eigenvalue weighted by atomic mass is 16.4. The van der Waals surface area contributed by atoms with Crippen LogP contribution in [0.15, 0.2) is 24.3 Å². The van der Waals surface area contributed by atoms with Crippen LogP contribution >= 0.6 is 0 Å². The van der Waals surface area contributed by atoms with Crippen LogP contribution in [-0.2, 0) is 13.0 Å². The Morgan fingerprint density at radius 1 is 1.31 bits per heavy atom. The molecular weight excluding hydrogens is 330 g/mol. The van der Waals surface area contributed by atoms with Crippen LogP contribution in [0, 0.1) is 19.8 Å². The standard InChI is InChI=1S/C20H25N3O3/c1-4-23-14(3)18(13(2)21-23)19(24)22-9-8-16(12-22)10-15-6-5-7-17(11-15)20(25)26/h5-7,11,16H,4,8-10,12H2,1-3H3,(H,25,26). The Hall–Kier alpha value is -2.63. The molecule has 1 unspecified atom stereocenters. The summed E-state index contributed by atoms with van der Waals surface area (Å²) in [5, 5.41) is 13.6. The van der Waals surface area contributed by atoms with Gasteiger partial charge in [-0.25, -0.2) is 4.79 Å². The maximum absolute atomic E-state index is 13.0. The van der Waals surface area contributed by atoms with Crippen molar-refractivity contribution in [2.45, 2.75) is 40.2 Å². The lowest BCUT2D eigenvalue weighted by Crippen LogP contribution is -2.29. The van der Waals surface area contributed by atoms with Gasteiger partial charge in [0.05, 0.1) is 16.8 Å². The van der Waals surface area contributed by atoms with E-state index in [1.165, 1.54) is 0 Å². The predicted molar refractivity (Wildman–Crippen MR) is 98.5 cm³/mol. The molecule has 26 heavy (non-hydrogen) atoms. The molecule has 0 spiro atoms. The summed E-state index contributed by atoms with van der Waals surface area (Å²) in [5.74, 6) is -0.500. The molecule has 3 rings (SSSR count). The van der Waals surface area contributed by atoms with Gasteiger partial charge in [-0.15, -0.1) is 0 Å². The van der Waals surface area contributed by atoms with Gasteiger partial charge in [0.1, 0.15) is 0 Å². The van der Waals surface area contributed by atoms with Crippen molar-refractivity contribution in [3.8, 4) is 0 Å². The van der Waals surface area contributed by atoms with Crippen molar-refractivity contribution in [2.75, 3.05) is 13.1 Å². The third-order valence-electron chi connectivity index (χ3n) is 5.17. The van der Waals surface area contributed by atoms with E-state index in [-0.39, 0.29) is 5.91 Å². The van der Waals surface area contributed by atoms with Gasteiger partial charge in [-0.2, -0.15) is 5.10 Å². The Morgan fingerprint density at radius 3 is 2.73 bits per heavy atom. The second kappa shape index (κ2) is 7.32. The SMILES string of the molecule is CCn1nc(C)c(C(=O)N2CCC(Cc3cccc(C(=O)O)c3)C2)c1C. The minimum atomic E-state index is -0.908. The highest BCUT2D eigenvalue weighted by Gasteiger charge is 2.30. The van der Waals surface area contributed by atoms with E-state index in [9.17, 15) is 9.59 Å². The Morgan fingerprint density at radius 2 is 2.08 bits per heavy atom. The fourth-order valence-electron chi connectivity index (χ4n) is 3.82. The molecule has 2 heterocycles. The molecule has 138 valence electrons. The first kappa shape index (κ1) is 18.2. The molecule has 1 aliphatic rings. The minimum absolute atomic E-state index is 0.0569. The van der Waals surface area contributed by atoms with E-state index in [4.69, 9.17) is 5.11 Å². The fourth-order valence-corrected chi connectivity index (χ4v) is 3.82. The van der Waals surface area contributed by atoms with Gasteiger partial charge in [-0.1, -0.05) is 12.1 Å². The summed E-state index contributed by atoms with van der Waals surface area (Å²) in [5.41, 5.74) is 3.75. The van der Waals surface area contributed by atoms with Crippen molar-refractivity contribution in [3.63, 3.8) is 0 Å². The Kier molecular flexibility index (Phi) is 5.11. The molecule has 1 aliphatic heterocycles. The molecule has 1 aromatic heterocycles. The van der Waals surface area contributed by atoms with Crippen molar-refractivity contribution in [1.82, 2.24) is 14.7 Å². The van der Waals surface area contributed by atoms with Gasteiger partial charge in [-0.3, -0.25) is 9.48 Å². The van der Waals surface area contributed by atoms with E-state index in [0.717, 1.165) is 48.4 Å². The maximum Gasteiger partial charge on any atom is 0.335 e. The summed E-state index contributed by atoms with van der Waals surface area (Å²) in [7, 11) is 0. The van der Waals surface area contributed by atoms with Crippen LogP contribution in [0.4, 0.5) is 0 Å². The number of carboxylic acids is 1. The largest absolute Gasteiger partial charge is 0.478 e. The van der Waals surface area contributed by atoms with E-state index < -0.39 is 5.97 Å². The molecule has 1 fully saturated rings. The van der Waals surface area contributed by atoms with E-state index >= 15 is 0 Å². The number of hydrogen-bond donors (Lipinski definition) is 1. The molecule has 6 nitrogen and oxygen atoms in total. The first-order valence-electron chi connectivity index (χ1n) is 9.06. The average Bonchev–Trinajstić information content (AvgIpc) is 3.19. The van der Waals surface area contributed by atoms with Crippen molar-refractivity contribution in [3.05, 3.63) is 52.3 Å². The molecule has 0 bridgehead atoms. The number of carboxylic acid groups (broad SMARTS) is 1. The Labute approximate surface area is 153 Å². The minimum Gasteiger partial charge on any atom is -0.478 e. The number of benzene rings is 1. The molecule has 0 aliphatic carbocycles. The van der Waals surface area contributed by atoms with E-state index in [2.05, 4.69) is 5.10 Å². The van der Waals surface area contributed by atoms with Gasteiger partial charge in [0.2, 0.25) is 0 Å². The van der Waals surface area contributed by atoms with Gasteiger partial charge in [0.25, 0.3) is 5.91 Å². The second-order valence-corrected chi connectivity index (χ2v) is 6.98. The molecule has 6 heteroatoms. The van der Waals surface area contributed by atoms with Crippen LogP contribution in [0.3, 0.4) is 0 Å². The van der Waals surface area contributed by atoms with Gasteiger partial charge in [-0.05, 0) is 57.2 Å². The molecule has 1 aromatic carbocycles. The topological polar surface area (TPSA) is 75.4 Å². The van der Waals surface area contributed by atoms with Crippen LogP contribution in [0.1, 0.15) is 51.0 Å². The summed E-state index contributed by atoms with van der Waals surface area (Å²) in [4.78, 5) is 26.0. The van der Waals surface area contributed by atoms with E-state index in [1.54, 1.807) is 18.2 Å². The van der Waals surface area contributed by atoms with Gasteiger partial charge in [0, 0.05) is 25.3 Å². The second-order valence-electron chi connectivity index (χ2n) is 6.98. The predicted octanol–water partition coefficient (Wildman–Crippen LogP) is 2.92. The Bertz CT molecular complexity index is 841. The number of likely N-dealkylation sites (tertiary alicyclic amines) is 1. The summed E-state index contributed by atoms with van der Waals surface area (Å²) in [6.45, 7) is 8.04. The third-order valence-corrected chi connectivity index (χ3v) is 5.17. The molecule has 1 amide bonds. The quantitative estimate of drug-likeness (QED) is 0.895. The molecule has 1 saturated heterocycles. The van der Waals surface area contributed by atoms with Gasteiger partial charge in [0.15, 0.2) is 0 Å². The van der Waals surface area contributed by atoms with Crippen molar-refractivity contribution in [2.24, 2.45) is 5.92 Å². The number of hydrogen-bond acceptors (Lipinski definition) is 3. The number of aromatic nitrogens is 2.